The van der Waals surface area contributed by atoms with Crippen molar-refractivity contribution >= 4 is 17.5 Å². The molecule has 2 amide bonds. The number of halogens is 3. The van der Waals surface area contributed by atoms with Gasteiger partial charge in [-0.05, 0) is 31.0 Å². The van der Waals surface area contributed by atoms with E-state index in [2.05, 4.69) is 5.32 Å². The first-order valence-electron chi connectivity index (χ1n) is 7.13. The zero-order chi connectivity index (χ0) is 16.3. The molecule has 0 radical (unpaired) electrons. The summed E-state index contributed by atoms with van der Waals surface area (Å²) in [5, 5.41) is 2.38. The van der Waals surface area contributed by atoms with Gasteiger partial charge < -0.3 is 10.2 Å². The van der Waals surface area contributed by atoms with Crippen LogP contribution in [0.2, 0.25) is 0 Å². The summed E-state index contributed by atoms with van der Waals surface area (Å²) in [5.41, 5.74) is -1.35. The molecule has 0 saturated carbocycles. The summed E-state index contributed by atoms with van der Waals surface area (Å²) in [6, 6.07) is 3.28. The van der Waals surface area contributed by atoms with Crippen molar-refractivity contribution in [3.63, 3.8) is 0 Å². The van der Waals surface area contributed by atoms with E-state index in [4.69, 9.17) is 0 Å². The standard InChI is InChI=1S/C15H17F3N2O2/c1-2-13(21)19-10-5-6-11(12(9-10)15(16,17)18)14(22)20-7-3-4-8-20/h5-6,9H,2-4,7-8H2,1H3,(H,19,21). The third-order valence-electron chi connectivity index (χ3n) is 3.55. The lowest BCUT2D eigenvalue weighted by molar-refractivity contribution is -0.138. The van der Waals surface area contributed by atoms with Gasteiger partial charge in [-0.3, -0.25) is 9.59 Å². The van der Waals surface area contributed by atoms with Crippen LogP contribution in [0, 0.1) is 0 Å². The van der Waals surface area contributed by atoms with Crippen molar-refractivity contribution in [3.8, 4) is 0 Å². The number of hydrogen-bond donors (Lipinski definition) is 1. The van der Waals surface area contributed by atoms with Crippen LogP contribution < -0.4 is 5.32 Å². The number of likely N-dealkylation sites (tertiary alicyclic amines) is 1. The first-order chi connectivity index (χ1) is 10.3. The molecule has 1 N–H and O–H groups in total. The minimum atomic E-state index is -4.66. The van der Waals surface area contributed by atoms with Gasteiger partial charge in [-0.2, -0.15) is 13.2 Å². The first-order valence-corrected chi connectivity index (χ1v) is 7.13. The maximum atomic E-state index is 13.2. The number of nitrogens with zero attached hydrogens (tertiary/aromatic N) is 1. The molecule has 1 aromatic carbocycles. The molecule has 0 unspecified atom stereocenters. The van der Waals surface area contributed by atoms with Crippen molar-refractivity contribution in [2.24, 2.45) is 0 Å². The predicted octanol–water partition coefficient (Wildman–Crippen LogP) is 3.29. The van der Waals surface area contributed by atoms with Crippen LogP contribution in [-0.4, -0.2) is 29.8 Å². The van der Waals surface area contributed by atoms with E-state index in [9.17, 15) is 22.8 Å². The van der Waals surface area contributed by atoms with Crippen molar-refractivity contribution in [1.82, 2.24) is 4.90 Å². The minimum absolute atomic E-state index is 0.0390. The lowest BCUT2D eigenvalue weighted by Gasteiger charge is -2.19. The molecule has 0 spiro atoms. The van der Waals surface area contributed by atoms with E-state index >= 15 is 0 Å². The molecule has 1 saturated heterocycles. The van der Waals surface area contributed by atoms with Crippen LogP contribution in [0.1, 0.15) is 42.1 Å². The van der Waals surface area contributed by atoms with E-state index in [1.54, 1.807) is 6.92 Å². The number of amides is 2. The number of rotatable bonds is 3. The van der Waals surface area contributed by atoms with Crippen molar-refractivity contribution in [3.05, 3.63) is 29.3 Å². The molecule has 4 nitrogen and oxygen atoms in total. The molecule has 0 atom stereocenters. The summed E-state index contributed by atoms with van der Waals surface area (Å²) >= 11 is 0. The van der Waals surface area contributed by atoms with E-state index in [1.165, 1.54) is 11.0 Å². The molecule has 1 heterocycles. The van der Waals surface area contributed by atoms with Crippen LogP contribution in [0.3, 0.4) is 0 Å². The zero-order valence-corrected chi connectivity index (χ0v) is 12.2. The molecule has 0 aromatic heterocycles. The van der Waals surface area contributed by atoms with Gasteiger partial charge in [0.05, 0.1) is 11.1 Å². The van der Waals surface area contributed by atoms with Gasteiger partial charge in [-0.1, -0.05) is 6.92 Å². The largest absolute Gasteiger partial charge is 0.417 e. The summed E-state index contributed by atoms with van der Waals surface area (Å²) in [4.78, 5) is 25.0. The summed E-state index contributed by atoms with van der Waals surface area (Å²) < 4.78 is 39.6. The molecule has 0 bridgehead atoms. The van der Waals surface area contributed by atoms with Gasteiger partial charge in [0.15, 0.2) is 0 Å². The number of carbonyl (C=O) groups excluding carboxylic acids is 2. The van der Waals surface area contributed by atoms with Crippen LogP contribution in [0.15, 0.2) is 18.2 Å². The molecular weight excluding hydrogens is 297 g/mol. The van der Waals surface area contributed by atoms with Gasteiger partial charge in [0, 0.05) is 25.2 Å². The van der Waals surface area contributed by atoms with Gasteiger partial charge in [0.1, 0.15) is 0 Å². The Morgan fingerprint density at radius 2 is 1.86 bits per heavy atom. The Hall–Kier alpha value is -2.05. The van der Waals surface area contributed by atoms with Gasteiger partial charge in [-0.25, -0.2) is 0 Å². The van der Waals surface area contributed by atoms with Crippen molar-refractivity contribution in [2.45, 2.75) is 32.4 Å². The number of anilines is 1. The van der Waals surface area contributed by atoms with E-state index in [0.29, 0.717) is 13.1 Å². The Bertz CT molecular complexity index is 579. The molecule has 22 heavy (non-hydrogen) atoms. The quantitative estimate of drug-likeness (QED) is 0.930. The third-order valence-corrected chi connectivity index (χ3v) is 3.55. The maximum absolute atomic E-state index is 13.2. The average Bonchev–Trinajstić information content (AvgIpc) is 2.99. The lowest BCUT2D eigenvalue weighted by Crippen LogP contribution is -2.29. The normalized spacial score (nSPS) is 15.0. The van der Waals surface area contributed by atoms with Gasteiger partial charge in [0.25, 0.3) is 5.91 Å². The molecule has 1 aliphatic rings. The van der Waals surface area contributed by atoms with E-state index in [-0.39, 0.29) is 23.6 Å². The predicted molar refractivity (Wildman–Crippen MR) is 75.5 cm³/mol. The highest BCUT2D eigenvalue weighted by Gasteiger charge is 2.37. The van der Waals surface area contributed by atoms with Crippen LogP contribution >= 0.6 is 0 Å². The van der Waals surface area contributed by atoms with Crippen LogP contribution in [-0.2, 0) is 11.0 Å². The minimum Gasteiger partial charge on any atom is -0.339 e. The van der Waals surface area contributed by atoms with Gasteiger partial charge >= 0.3 is 6.18 Å². The zero-order valence-electron chi connectivity index (χ0n) is 12.2. The topological polar surface area (TPSA) is 49.4 Å². The Labute approximate surface area is 126 Å². The van der Waals surface area contributed by atoms with Gasteiger partial charge in [-0.15, -0.1) is 0 Å². The highest BCUT2D eigenvalue weighted by Crippen LogP contribution is 2.34. The summed E-state index contributed by atoms with van der Waals surface area (Å²) in [7, 11) is 0. The first kappa shape index (κ1) is 16.3. The van der Waals surface area contributed by atoms with E-state index in [0.717, 1.165) is 25.0 Å². The SMILES string of the molecule is CCC(=O)Nc1ccc(C(=O)N2CCCC2)c(C(F)(F)F)c1. The molecular formula is C15H17F3N2O2. The fourth-order valence-corrected chi connectivity index (χ4v) is 2.38. The average molecular weight is 314 g/mol. The molecule has 2 rings (SSSR count). The molecule has 0 aliphatic carbocycles. The van der Waals surface area contributed by atoms with Crippen molar-refractivity contribution in [2.75, 3.05) is 18.4 Å². The van der Waals surface area contributed by atoms with E-state index < -0.39 is 17.6 Å². The Morgan fingerprint density at radius 3 is 2.41 bits per heavy atom. The fraction of sp³-hybridized carbons (Fsp3) is 0.467. The second kappa shape index (κ2) is 6.37. The lowest BCUT2D eigenvalue weighted by atomic mass is 10.0. The van der Waals surface area contributed by atoms with Crippen LogP contribution in [0.4, 0.5) is 18.9 Å². The second-order valence-electron chi connectivity index (χ2n) is 5.16. The molecule has 120 valence electrons. The second-order valence-corrected chi connectivity index (χ2v) is 5.16. The number of carbonyl (C=O) groups is 2. The van der Waals surface area contributed by atoms with E-state index in [1.807, 2.05) is 0 Å². The molecule has 1 fully saturated rings. The van der Waals surface area contributed by atoms with Crippen molar-refractivity contribution < 1.29 is 22.8 Å². The number of benzene rings is 1. The smallest absolute Gasteiger partial charge is 0.339 e. The Morgan fingerprint density at radius 1 is 1.23 bits per heavy atom. The summed E-state index contributed by atoms with van der Waals surface area (Å²) in [6.45, 7) is 2.56. The fourth-order valence-electron chi connectivity index (χ4n) is 2.38. The Kier molecular flexibility index (Phi) is 4.73. The molecule has 7 heteroatoms. The number of alkyl halides is 3. The van der Waals surface area contributed by atoms with Crippen molar-refractivity contribution in [1.29, 1.82) is 0 Å². The summed E-state index contributed by atoms with van der Waals surface area (Å²) in [5.74, 6) is -0.995. The highest BCUT2D eigenvalue weighted by atomic mass is 19.4. The summed E-state index contributed by atoms with van der Waals surface area (Å²) in [6.07, 6.45) is -2.89. The van der Waals surface area contributed by atoms with Crippen LogP contribution in [0.5, 0.6) is 0 Å². The molecule has 1 aliphatic heterocycles. The Balaban J connectivity index is 2.36. The third kappa shape index (κ3) is 3.58. The maximum Gasteiger partial charge on any atom is 0.417 e. The molecule has 1 aromatic rings. The monoisotopic (exact) mass is 314 g/mol. The van der Waals surface area contributed by atoms with Crippen LogP contribution in [0.25, 0.3) is 0 Å². The number of hydrogen-bond acceptors (Lipinski definition) is 2. The van der Waals surface area contributed by atoms with Gasteiger partial charge in [0.2, 0.25) is 5.91 Å². The highest BCUT2D eigenvalue weighted by molar-refractivity contribution is 5.97. The number of nitrogens with one attached hydrogen (secondary N) is 1.